The number of amides is 3. The van der Waals surface area contributed by atoms with Crippen LogP contribution in [0.5, 0.6) is 0 Å². The number of carbonyl (C=O) groups is 3. The lowest BCUT2D eigenvalue weighted by molar-refractivity contribution is -0.155. The van der Waals surface area contributed by atoms with Crippen LogP contribution in [0.15, 0.2) is 54.6 Å². The summed E-state index contributed by atoms with van der Waals surface area (Å²) >= 11 is 6.07. The highest BCUT2D eigenvalue weighted by Gasteiger charge is 2.55. The van der Waals surface area contributed by atoms with Crippen LogP contribution >= 0.6 is 11.6 Å². The van der Waals surface area contributed by atoms with Crippen molar-refractivity contribution >= 4 is 29.3 Å². The van der Waals surface area contributed by atoms with Crippen LogP contribution in [0.1, 0.15) is 26.3 Å². The maximum Gasteiger partial charge on any atom is 0.262 e. The van der Waals surface area contributed by atoms with Gasteiger partial charge in [0.2, 0.25) is 5.91 Å². The van der Waals surface area contributed by atoms with Gasteiger partial charge in [-0.1, -0.05) is 42.5 Å². The van der Waals surface area contributed by atoms with E-state index in [1.54, 1.807) is 29.2 Å². The molecule has 0 N–H and O–H groups in total. The standard InChI is InChI=1S/C19H15ClN2O3/c20-10-15-16(19(25)21(15)11-12-6-2-1-3-7-12)22-17(23)13-8-4-5-9-14(13)18(22)24/h1-9,15-16H,10-11H2/t15-,16+/m1/s1. The summed E-state index contributed by atoms with van der Waals surface area (Å²) in [6.07, 6.45) is 0. The van der Waals surface area contributed by atoms with Gasteiger partial charge in [-0.25, -0.2) is 0 Å². The summed E-state index contributed by atoms with van der Waals surface area (Å²) in [6, 6.07) is 15.0. The first-order valence-corrected chi connectivity index (χ1v) is 8.54. The average molecular weight is 355 g/mol. The minimum atomic E-state index is -0.825. The van der Waals surface area contributed by atoms with Gasteiger partial charge in [0.15, 0.2) is 0 Å². The number of hydrogen-bond acceptors (Lipinski definition) is 3. The smallest absolute Gasteiger partial charge is 0.262 e. The number of fused-ring (bicyclic) bond motifs is 1. The van der Waals surface area contributed by atoms with Crippen LogP contribution in [0.3, 0.4) is 0 Å². The number of β-lactam (4-membered cyclic amide) rings is 1. The van der Waals surface area contributed by atoms with E-state index < -0.39 is 17.9 Å². The Morgan fingerprint density at radius 1 is 0.840 bits per heavy atom. The van der Waals surface area contributed by atoms with Crippen molar-refractivity contribution in [2.75, 3.05) is 5.88 Å². The zero-order valence-corrected chi connectivity index (χ0v) is 14.0. The van der Waals surface area contributed by atoms with E-state index >= 15 is 0 Å². The zero-order valence-electron chi connectivity index (χ0n) is 13.3. The van der Waals surface area contributed by atoms with Gasteiger partial charge in [0.05, 0.1) is 17.2 Å². The Bertz CT molecular complexity index is 833. The van der Waals surface area contributed by atoms with Gasteiger partial charge < -0.3 is 4.90 Å². The lowest BCUT2D eigenvalue weighted by Gasteiger charge is -2.49. The van der Waals surface area contributed by atoms with Gasteiger partial charge in [-0.2, -0.15) is 0 Å². The number of likely N-dealkylation sites (tertiary alicyclic amines) is 1. The lowest BCUT2D eigenvalue weighted by atomic mass is 9.93. The summed E-state index contributed by atoms with van der Waals surface area (Å²) in [6.45, 7) is 0.413. The fourth-order valence-corrected chi connectivity index (χ4v) is 3.81. The van der Waals surface area contributed by atoms with Crippen LogP contribution in [0.4, 0.5) is 0 Å². The molecule has 6 heteroatoms. The van der Waals surface area contributed by atoms with Crippen LogP contribution in [-0.4, -0.2) is 45.5 Å². The van der Waals surface area contributed by atoms with E-state index in [1.165, 1.54) is 0 Å². The summed E-state index contributed by atoms with van der Waals surface area (Å²) in [4.78, 5) is 40.6. The predicted octanol–water partition coefficient (Wildman–Crippen LogP) is 2.30. The minimum absolute atomic E-state index is 0.163. The molecule has 4 rings (SSSR count). The number of rotatable bonds is 4. The third-order valence-electron chi connectivity index (χ3n) is 4.76. The van der Waals surface area contributed by atoms with Crippen molar-refractivity contribution in [3.8, 4) is 0 Å². The molecule has 1 fully saturated rings. The molecule has 0 unspecified atom stereocenters. The zero-order chi connectivity index (χ0) is 17.6. The Balaban J connectivity index is 1.59. The summed E-state index contributed by atoms with van der Waals surface area (Å²) in [5.41, 5.74) is 1.66. The normalized spacial score (nSPS) is 22.2. The molecule has 0 aliphatic carbocycles. The second-order valence-electron chi connectivity index (χ2n) is 6.14. The van der Waals surface area contributed by atoms with Crippen molar-refractivity contribution < 1.29 is 14.4 Å². The molecule has 2 atom stereocenters. The van der Waals surface area contributed by atoms with Crippen molar-refractivity contribution in [1.29, 1.82) is 0 Å². The highest BCUT2D eigenvalue weighted by molar-refractivity contribution is 6.24. The molecular formula is C19H15ClN2O3. The molecule has 0 saturated carbocycles. The van der Waals surface area contributed by atoms with Gasteiger partial charge >= 0.3 is 0 Å². The maximum absolute atomic E-state index is 12.7. The highest BCUT2D eigenvalue weighted by atomic mass is 35.5. The van der Waals surface area contributed by atoms with Crippen LogP contribution in [0, 0.1) is 0 Å². The van der Waals surface area contributed by atoms with E-state index in [2.05, 4.69) is 0 Å². The lowest BCUT2D eigenvalue weighted by Crippen LogP contribution is -2.71. The Morgan fingerprint density at radius 2 is 1.40 bits per heavy atom. The second kappa shape index (κ2) is 6.01. The van der Waals surface area contributed by atoms with Gasteiger partial charge in [0, 0.05) is 12.4 Å². The summed E-state index contributed by atoms with van der Waals surface area (Å²) in [5.74, 6) is -0.928. The third-order valence-corrected chi connectivity index (χ3v) is 5.07. The Labute approximate surface area is 149 Å². The SMILES string of the molecule is O=C1[C@@H](N2C(=O)c3ccccc3C2=O)[C@@H](CCl)N1Cc1ccccc1. The number of carbonyl (C=O) groups excluding carboxylic acids is 3. The van der Waals surface area contributed by atoms with Crippen LogP contribution in [0.25, 0.3) is 0 Å². The number of benzene rings is 2. The molecule has 126 valence electrons. The van der Waals surface area contributed by atoms with E-state index in [0.717, 1.165) is 10.5 Å². The first kappa shape index (κ1) is 15.8. The number of imide groups is 1. The predicted molar refractivity (Wildman–Crippen MR) is 92.2 cm³/mol. The topological polar surface area (TPSA) is 57.7 Å². The van der Waals surface area contributed by atoms with Gasteiger partial charge in [0.1, 0.15) is 6.04 Å². The molecule has 0 aromatic heterocycles. The Hall–Kier alpha value is -2.66. The molecule has 3 amide bonds. The van der Waals surface area contributed by atoms with Gasteiger partial charge in [0.25, 0.3) is 11.8 Å². The molecule has 2 aromatic rings. The van der Waals surface area contributed by atoms with E-state index in [0.29, 0.717) is 17.7 Å². The first-order chi connectivity index (χ1) is 12.1. The number of hydrogen-bond donors (Lipinski definition) is 0. The molecule has 2 aromatic carbocycles. The summed E-state index contributed by atoms with van der Waals surface area (Å²) in [5, 5.41) is 0. The molecule has 5 nitrogen and oxygen atoms in total. The van der Waals surface area contributed by atoms with E-state index in [9.17, 15) is 14.4 Å². The first-order valence-electron chi connectivity index (χ1n) is 8.00. The van der Waals surface area contributed by atoms with Gasteiger partial charge in [-0.05, 0) is 17.7 Å². The van der Waals surface area contributed by atoms with Crippen LogP contribution in [-0.2, 0) is 11.3 Å². The molecule has 0 radical (unpaired) electrons. The van der Waals surface area contributed by atoms with E-state index in [-0.39, 0.29) is 17.8 Å². The fraction of sp³-hybridized carbons (Fsp3) is 0.211. The van der Waals surface area contributed by atoms with Crippen molar-refractivity contribution in [2.24, 2.45) is 0 Å². The van der Waals surface area contributed by atoms with E-state index in [4.69, 9.17) is 11.6 Å². The molecular weight excluding hydrogens is 340 g/mol. The van der Waals surface area contributed by atoms with Crippen molar-refractivity contribution in [3.05, 3.63) is 71.3 Å². The van der Waals surface area contributed by atoms with Crippen molar-refractivity contribution in [2.45, 2.75) is 18.6 Å². The summed E-state index contributed by atoms with van der Waals surface area (Å²) < 4.78 is 0. The molecule has 2 heterocycles. The second-order valence-corrected chi connectivity index (χ2v) is 6.45. The fourth-order valence-electron chi connectivity index (χ4n) is 3.47. The monoisotopic (exact) mass is 354 g/mol. The largest absolute Gasteiger partial charge is 0.330 e. The third kappa shape index (κ3) is 2.35. The molecule has 2 aliphatic rings. The molecule has 0 bridgehead atoms. The molecule has 2 aliphatic heterocycles. The number of alkyl halides is 1. The van der Waals surface area contributed by atoms with Gasteiger partial charge in [-0.15, -0.1) is 11.6 Å². The van der Waals surface area contributed by atoms with E-state index in [1.807, 2.05) is 30.3 Å². The molecule has 1 saturated heterocycles. The number of nitrogens with zero attached hydrogens (tertiary/aromatic N) is 2. The molecule has 25 heavy (non-hydrogen) atoms. The Kier molecular flexibility index (Phi) is 3.81. The van der Waals surface area contributed by atoms with Gasteiger partial charge in [-0.3, -0.25) is 19.3 Å². The van der Waals surface area contributed by atoms with Crippen molar-refractivity contribution in [1.82, 2.24) is 9.80 Å². The number of halogens is 1. The average Bonchev–Trinajstić information content (AvgIpc) is 2.89. The minimum Gasteiger partial charge on any atom is -0.330 e. The molecule has 0 spiro atoms. The van der Waals surface area contributed by atoms with Crippen molar-refractivity contribution in [3.63, 3.8) is 0 Å². The quantitative estimate of drug-likeness (QED) is 0.481. The van der Waals surface area contributed by atoms with Crippen LogP contribution < -0.4 is 0 Å². The maximum atomic E-state index is 12.7. The Morgan fingerprint density at radius 3 is 1.96 bits per heavy atom. The highest BCUT2D eigenvalue weighted by Crippen LogP contribution is 2.34. The van der Waals surface area contributed by atoms with Crippen LogP contribution in [0.2, 0.25) is 0 Å². The summed E-state index contributed by atoms with van der Waals surface area (Å²) in [7, 11) is 0.